The highest BCUT2D eigenvalue weighted by Gasteiger charge is 2.36. The number of carbonyl (C=O) groups excluding carboxylic acids is 3. The van der Waals surface area contributed by atoms with Crippen molar-refractivity contribution in [3.8, 4) is 17.2 Å². The highest BCUT2D eigenvalue weighted by atomic mass is 16.5. The van der Waals surface area contributed by atoms with Gasteiger partial charge in [-0.15, -0.1) is 0 Å². The van der Waals surface area contributed by atoms with Gasteiger partial charge in [-0.2, -0.15) is 0 Å². The zero-order chi connectivity index (χ0) is 18.8. The summed E-state index contributed by atoms with van der Waals surface area (Å²) < 4.78 is 5.03. The summed E-state index contributed by atoms with van der Waals surface area (Å²) >= 11 is 0. The van der Waals surface area contributed by atoms with E-state index in [1.165, 1.54) is 43.5 Å². The molecule has 132 valence electrons. The molecule has 0 atom stereocenters. The van der Waals surface area contributed by atoms with E-state index < -0.39 is 23.6 Å². The maximum Gasteiger partial charge on any atom is 0.335 e. The van der Waals surface area contributed by atoms with Gasteiger partial charge in [-0.3, -0.25) is 14.9 Å². The van der Waals surface area contributed by atoms with Crippen LogP contribution in [0.2, 0.25) is 0 Å². The Kier molecular flexibility index (Phi) is 4.32. The Morgan fingerprint density at radius 1 is 1.00 bits per heavy atom. The number of carbonyl (C=O) groups is 3. The molecule has 1 aliphatic heterocycles. The van der Waals surface area contributed by atoms with Gasteiger partial charge in [0.1, 0.15) is 11.3 Å². The maximum atomic E-state index is 12.7. The predicted octanol–water partition coefficient (Wildman–Crippen LogP) is 1.77. The molecule has 0 aliphatic carbocycles. The van der Waals surface area contributed by atoms with Gasteiger partial charge in [-0.05, 0) is 48.0 Å². The number of barbiturate groups is 1. The van der Waals surface area contributed by atoms with Gasteiger partial charge in [-0.25, -0.2) is 9.69 Å². The number of amides is 4. The zero-order valence-electron chi connectivity index (χ0n) is 13.6. The molecule has 1 aliphatic rings. The number of rotatable bonds is 3. The number of urea groups is 1. The van der Waals surface area contributed by atoms with E-state index in [0.29, 0.717) is 11.3 Å². The van der Waals surface area contributed by atoms with Crippen LogP contribution in [-0.4, -0.2) is 35.2 Å². The molecule has 26 heavy (non-hydrogen) atoms. The van der Waals surface area contributed by atoms with Gasteiger partial charge < -0.3 is 14.9 Å². The number of nitrogens with one attached hydrogen (secondary N) is 1. The second-order valence-electron chi connectivity index (χ2n) is 5.40. The molecular formula is C18H14N2O6. The van der Waals surface area contributed by atoms with Crippen molar-refractivity contribution >= 4 is 29.6 Å². The second-order valence-corrected chi connectivity index (χ2v) is 5.40. The fourth-order valence-corrected chi connectivity index (χ4v) is 2.42. The number of aromatic hydroxyl groups is 2. The minimum atomic E-state index is -0.865. The highest BCUT2D eigenvalue weighted by molar-refractivity contribution is 6.39. The predicted molar refractivity (Wildman–Crippen MR) is 91.8 cm³/mol. The highest BCUT2D eigenvalue weighted by Crippen LogP contribution is 2.28. The normalized spacial score (nSPS) is 16.0. The fraction of sp³-hybridized carbons (Fsp3) is 0.0556. The van der Waals surface area contributed by atoms with E-state index in [0.717, 1.165) is 4.90 Å². The smallest absolute Gasteiger partial charge is 0.335 e. The van der Waals surface area contributed by atoms with Crippen molar-refractivity contribution in [1.82, 2.24) is 5.32 Å². The van der Waals surface area contributed by atoms with Crippen LogP contribution in [0.5, 0.6) is 17.2 Å². The number of nitrogens with zero attached hydrogens (tertiary/aromatic N) is 1. The van der Waals surface area contributed by atoms with Crippen molar-refractivity contribution in [2.75, 3.05) is 12.0 Å². The Bertz CT molecular complexity index is 933. The summed E-state index contributed by atoms with van der Waals surface area (Å²) in [7, 11) is 1.49. The number of benzene rings is 2. The summed E-state index contributed by atoms with van der Waals surface area (Å²) in [5.41, 5.74) is 0.286. The lowest BCUT2D eigenvalue weighted by molar-refractivity contribution is -0.122. The first-order valence-corrected chi connectivity index (χ1v) is 7.48. The van der Waals surface area contributed by atoms with Gasteiger partial charge >= 0.3 is 6.03 Å². The third-order valence-electron chi connectivity index (χ3n) is 3.74. The summed E-state index contributed by atoms with van der Waals surface area (Å²) in [6.07, 6.45) is 1.22. The molecule has 0 radical (unpaired) electrons. The largest absolute Gasteiger partial charge is 0.504 e. The minimum absolute atomic E-state index is 0.264. The van der Waals surface area contributed by atoms with Crippen molar-refractivity contribution in [2.24, 2.45) is 0 Å². The third kappa shape index (κ3) is 3.07. The minimum Gasteiger partial charge on any atom is -0.504 e. The van der Waals surface area contributed by atoms with E-state index in [1.807, 2.05) is 0 Å². The topological polar surface area (TPSA) is 116 Å². The number of phenols is 2. The van der Waals surface area contributed by atoms with E-state index >= 15 is 0 Å². The third-order valence-corrected chi connectivity index (χ3v) is 3.74. The number of phenolic OH excluding ortho intramolecular Hbond substituents is 2. The van der Waals surface area contributed by atoms with Crippen molar-refractivity contribution < 1.29 is 29.3 Å². The van der Waals surface area contributed by atoms with Crippen LogP contribution in [0.25, 0.3) is 6.08 Å². The molecule has 1 fully saturated rings. The monoisotopic (exact) mass is 354 g/mol. The molecular weight excluding hydrogens is 340 g/mol. The number of ether oxygens (including phenoxy) is 1. The first kappa shape index (κ1) is 17.0. The van der Waals surface area contributed by atoms with Crippen LogP contribution < -0.4 is 15.0 Å². The number of anilines is 1. The number of hydrogen-bond donors (Lipinski definition) is 3. The first-order chi connectivity index (χ1) is 12.4. The average Bonchev–Trinajstić information content (AvgIpc) is 2.62. The van der Waals surface area contributed by atoms with Gasteiger partial charge in [0.2, 0.25) is 0 Å². The lowest BCUT2D eigenvalue weighted by Crippen LogP contribution is -2.54. The number of methoxy groups -OCH3 is 1. The van der Waals surface area contributed by atoms with E-state index in [2.05, 4.69) is 5.32 Å². The molecule has 1 heterocycles. The molecule has 0 saturated carbocycles. The summed E-state index contributed by atoms with van der Waals surface area (Å²) in [5, 5.41) is 21.0. The Balaban J connectivity index is 1.99. The molecule has 3 rings (SSSR count). The van der Waals surface area contributed by atoms with Crippen LogP contribution in [0.3, 0.4) is 0 Å². The Hall–Kier alpha value is -3.81. The number of hydrogen-bond acceptors (Lipinski definition) is 6. The van der Waals surface area contributed by atoms with Crippen molar-refractivity contribution in [3.05, 3.63) is 53.6 Å². The molecule has 0 aromatic heterocycles. The molecule has 8 nitrogen and oxygen atoms in total. The van der Waals surface area contributed by atoms with Crippen LogP contribution in [0.15, 0.2) is 48.0 Å². The van der Waals surface area contributed by atoms with Gasteiger partial charge in [0.15, 0.2) is 11.5 Å². The van der Waals surface area contributed by atoms with Crippen LogP contribution in [0.1, 0.15) is 5.56 Å². The Morgan fingerprint density at radius 2 is 1.69 bits per heavy atom. The van der Waals surface area contributed by atoms with Gasteiger partial charge in [0.05, 0.1) is 12.8 Å². The SMILES string of the molecule is COc1ccc(N2C(=O)NC(=O)C(=Cc3ccc(O)c(O)c3)C2=O)cc1. The molecule has 1 saturated heterocycles. The summed E-state index contributed by atoms with van der Waals surface area (Å²) in [6, 6.07) is 9.14. The standard InChI is InChI=1S/C18H14N2O6/c1-26-12-5-3-11(4-6-12)20-17(24)13(16(23)19-18(20)25)8-10-2-7-14(21)15(22)9-10/h2-9,21-22H,1H3,(H,19,23,25). The van der Waals surface area contributed by atoms with Crippen LogP contribution >= 0.6 is 0 Å². The quantitative estimate of drug-likeness (QED) is 0.439. The molecule has 0 spiro atoms. The van der Waals surface area contributed by atoms with E-state index in [1.54, 1.807) is 12.1 Å². The van der Waals surface area contributed by atoms with Gasteiger partial charge in [-0.1, -0.05) is 6.07 Å². The summed E-state index contributed by atoms with van der Waals surface area (Å²) in [5.74, 6) is -1.84. The van der Waals surface area contributed by atoms with Crippen LogP contribution in [0, 0.1) is 0 Å². The van der Waals surface area contributed by atoms with Gasteiger partial charge in [0.25, 0.3) is 11.8 Å². The summed E-state index contributed by atoms with van der Waals surface area (Å²) in [4.78, 5) is 37.7. The molecule has 2 aromatic rings. The van der Waals surface area contributed by atoms with E-state index in [4.69, 9.17) is 4.74 Å². The van der Waals surface area contributed by atoms with Crippen molar-refractivity contribution in [1.29, 1.82) is 0 Å². The zero-order valence-corrected chi connectivity index (χ0v) is 13.6. The van der Waals surface area contributed by atoms with E-state index in [-0.39, 0.29) is 17.0 Å². The second kappa shape index (κ2) is 6.60. The van der Waals surface area contributed by atoms with Crippen LogP contribution in [-0.2, 0) is 9.59 Å². The lowest BCUT2D eigenvalue weighted by atomic mass is 10.1. The first-order valence-electron chi connectivity index (χ1n) is 7.48. The lowest BCUT2D eigenvalue weighted by Gasteiger charge is -2.26. The maximum absolute atomic E-state index is 12.7. The summed E-state index contributed by atoms with van der Waals surface area (Å²) in [6.45, 7) is 0. The molecule has 0 unspecified atom stereocenters. The Morgan fingerprint density at radius 3 is 2.31 bits per heavy atom. The molecule has 4 amide bonds. The van der Waals surface area contributed by atoms with Crippen molar-refractivity contribution in [2.45, 2.75) is 0 Å². The van der Waals surface area contributed by atoms with E-state index in [9.17, 15) is 24.6 Å². The molecule has 2 aromatic carbocycles. The Labute approximate surface area is 147 Å². The van der Waals surface area contributed by atoms with Crippen molar-refractivity contribution in [3.63, 3.8) is 0 Å². The average molecular weight is 354 g/mol. The number of imide groups is 2. The molecule has 8 heteroatoms. The molecule has 3 N–H and O–H groups in total. The van der Waals surface area contributed by atoms with Crippen LogP contribution in [0.4, 0.5) is 10.5 Å². The van der Waals surface area contributed by atoms with Gasteiger partial charge in [0, 0.05) is 0 Å². The fourth-order valence-electron chi connectivity index (χ4n) is 2.42. The molecule has 0 bridgehead atoms.